The molecule has 1 saturated heterocycles. The molecule has 2 aliphatic rings. The third-order valence-corrected chi connectivity index (χ3v) is 6.77. The number of piperazine rings is 1. The first kappa shape index (κ1) is 18.3. The molecule has 0 radical (unpaired) electrons. The molecule has 144 valence electrons. The number of thiophene rings is 1. The standard InChI is InChI=1S/C21H27N3O2S/c25-20(14-16-15-27-19-9-5-4-8-18(16)19)23-10-12-24(13-11-23)21(26)22-17-6-2-1-3-7-17/h4-5,8-9,15,17H,1-3,6-7,10-14H2,(H,22,26). The Morgan fingerprint density at radius 3 is 2.48 bits per heavy atom. The quantitative estimate of drug-likeness (QED) is 0.877. The summed E-state index contributed by atoms with van der Waals surface area (Å²) < 4.78 is 1.23. The van der Waals surface area contributed by atoms with E-state index in [1.807, 2.05) is 21.9 Å². The first-order valence-corrected chi connectivity index (χ1v) is 10.9. The number of carbonyl (C=O) groups excluding carboxylic acids is 2. The number of urea groups is 1. The lowest BCUT2D eigenvalue weighted by Crippen LogP contribution is -2.54. The lowest BCUT2D eigenvalue weighted by Gasteiger charge is -2.36. The van der Waals surface area contributed by atoms with Crippen LogP contribution in [0.15, 0.2) is 29.6 Å². The second-order valence-corrected chi connectivity index (χ2v) is 8.50. The van der Waals surface area contributed by atoms with E-state index in [2.05, 4.69) is 22.8 Å². The molecule has 6 heteroatoms. The van der Waals surface area contributed by atoms with Gasteiger partial charge >= 0.3 is 6.03 Å². The van der Waals surface area contributed by atoms with Crippen molar-refractivity contribution < 1.29 is 9.59 Å². The molecule has 1 N–H and O–H groups in total. The first-order valence-electron chi connectivity index (χ1n) is 9.99. The molecule has 0 spiro atoms. The highest BCUT2D eigenvalue weighted by Gasteiger charge is 2.26. The molecule has 2 aromatic rings. The number of nitrogens with one attached hydrogen (secondary N) is 1. The molecule has 2 fully saturated rings. The third kappa shape index (κ3) is 4.26. The van der Waals surface area contributed by atoms with Gasteiger partial charge in [0, 0.05) is 36.9 Å². The van der Waals surface area contributed by atoms with Gasteiger partial charge in [0.05, 0.1) is 6.42 Å². The number of nitrogens with zero attached hydrogens (tertiary/aromatic N) is 2. The van der Waals surface area contributed by atoms with Gasteiger partial charge in [-0.25, -0.2) is 4.79 Å². The molecule has 1 aliphatic carbocycles. The molecule has 0 atom stereocenters. The van der Waals surface area contributed by atoms with Gasteiger partial charge in [-0.15, -0.1) is 11.3 Å². The van der Waals surface area contributed by atoms with E-state index in [0.717, 1.165) is 18.4 Å². The zero-order valence-electron chi connectivity index (χ0n) is 15.7. The molecule has 1 aromatic heterocycles. The van der Waals surface area contributed by atoms with E-state index < -0.39 is 0 Å². The molecule has 3 amide bonds. The second kappa shape index (κ2) is 8.30. The monoisotopic (exact) mass is 385 g/mol. The first-order chi connectivity index (χ1) is 13.2. The molecular formula is C21H27N3O2S. The van der Waals surface area contributed by atoms with E-state index in [-0.39, 0.29) is 11.9 Å². The van der Waals surface area contributed by atoms with Crippen molar-refractivity contribution in [2.45, 2.75) is 44.6 Å². The Morgan fingerprint density at radius 2 is 1.70 bits per heavy atom. The van der Waals surface area contributed by atoms with E-state index >= 15 is 0 Å². The topological polar surface area (TPSA) is 52.7 Å². The van der Waals surface area contributed by atoms with Crippen LogP contribution in [0.25, 0.3) is 10.1 Å². The van der Waals surface area contributed by atoms with Crippen molar-refractivity contribution in [1.82, 2.24) is 15.1 Å². The van der Waals surface area contributed by atoms with Gasteiger partial charge in [0.15, 0.2) is 0 Å². The number of fused-ring (bicyclic) bond motifs is 1. The minimum absolute atomic E-state index is 0.0397. The Labute approximate surface area is 164 Å². The summed E-state index contributed by atoms with van der Waals surface area (Å²) in [4.78, 5) is 28.9. The summed E-state index contributed by atoms with van der Waals surface area (Å²) in [5.74, 6) is 0.158. The average molecular weight is 386 g/mol. The van der Waals surface area contributed by atoms with E-state index in [1.54, 1.807) is 11.3 Å². The van der Waals surface area contributed by atoms with Gasteiger partial charge in [-0.2, -0.15) is 0 Å². The summed E-state index contributed by atoms with van der Waals surface area (Å²) in [5.41, 5.74) is 1.11. The van der Waals surface area contributed by atoms with Gasteiger partial charge in [0.25, 0.3) is 0 Å². The van der Waals surface area contributed by atoms with Crippen molar-refractivity contribution >= 4 is 33.4 Å². The van der Waals surface area contributed by atoms with Crippen LogP contribution in [0.1, 0.15) is 37.7 Å². The van der Waals surface area contributed by atoms with Gasteiger partial charge in [0.1, 0.15) is 0 Å². The Hall–Kier alpha value is -2.08. The van der Waals surface area contributed by atoms with Crippen LogP contribution in [-0.2, 0) is 11.2 Å². The fourth-order valence-corrected chi connectivity index (χ4v) is 5.08. The molecule has 4 rings (SSSR count). The summed E-state index contributed by atoms with van der Waals surface area (Å²) in [5, 5.41) is 6.45. The number of hydrogen-bond acceptors (Lipinski definition) is 3. The lowest BCUT2D eigenvalue weighted by molar-refractivity contribution is -0.131. The largest absolute Gasteiger partial charge is 0.339 e. The van der Waals surface area contributed by atoms with Crippen molar-refractivity contribution in [1.29, 1.82) is 0 Å². The summed E-state index contributed by atoms with van der Waals surface area (Å²) in [6.45, 7) is 2.49. The van der Waals surface area contributed by atoms with Gasteiger partial charge in [0.2, 0.25) is 5.91 Å². The highest BCUT2D eigenvalue weighted by Crippen LogP contribution is 2.26. The molecule has 2 heterocycles. The number of rotatable bonds is 3. The molecule has 5 nitrogen and oxygen atoms in total. The average Bonchev–Trinajstić information content (AvgIpc) is 3.12. The van der Waals surface area contributed by atoms with Crippen molar-refractivity contribution in [3.8, 4) is 0 Å². The van der Waals surface area contributed by atoms with Gasteiger partial charge in [-0.3, -0.25) is 4.79 Å². The summed E-state index contributed by atoms with van der Waals surface area (Å²) >= 11 is 1.69. The molecule has 1 aliphatic heterocycles. The van der Waals surface area contributed by atoms with E-state index in [9.17, 15) is 9.59 Å². The molecule has 0 bridgehead atoms. The number of carbonyl (C=O) groups is 2. The maximum absolute atomic E-state index is 12.7. The second-order valence-electron chi connectivity index (χ2n) is 7.59. The van der Waals surface area contributed by atoms with Crippen LogP contribution in [0.4, 0.5) is 4.79 Å². The van der Waals surface area contributed by atoms with Crippen molar-refractivity contribution in [2.75, 3.05) is 26.2 Å². The highest BCUT2D eigenvalue weighted by molar-refractivity contribution is 7.17. The summed E-state index contributed by atoms with van der Waals surface area (Å²) in [6.07, 6.45) is 6.34. The number of benzene rings is 1. The third-order valence-electron chi connectivity index (χ3n) is 5.76. The van der Waals surface area contributed by atoms with Gasteiger partial charge in [-0.1, -0.05) is 37.5 Å². The van der Waals surface area contributed by atoms with E-state index in [4.69, 9.17) is 0 Å². The molecule has 1 saturated carbocycles. The molecular weight excluding hydrogens is 358 g/mol. The minimum atomic E-state index is 0.0397. The molecule has 1 aromatic carbocycles. The van der Waals surface area contributed by atoms with Crippen LogP contribution in [0, 0.1) is 0 Å². The number of hydrogen-bond donors (Lipinski definition) is 1. The smallest absolute Gasteiger partial charge is 0.317 e. The zero-order chi connectivity index (χ0) is 18.6. The van der Waals surface area contributed by atoms with Crippen LogP contribution >= 0.6 is 11.3 Å². The lowest BCUT2D eigenvalue weighted by atomic mass is 9.96. The molecule has 27 heavy (non-hydrogen) atoms. The number of amides is 3. The maximum atomic E-state index is 12.7. The van der Waals surface area contributed by atoms with Crippen molar-refractivity contribution in [2.24, 2.45) is 0 Å². The van der Waals surface area contributed by atoms with Gasteiger partial charge in [-0.05, 0) is 35.2 Å². The zero-order valence-corrected chi connectivity index (χ0v) is 16.5. The Kier molecular flexibility index (Phi) is 5.62. The van der Waals surface area contributed by atoms with Crippen LogP contribution in [0.3, 0.4) is 0 Å². The van der Waals surface area contributed by atoms with Crippen LogP contribution < -0.4 is 5.32 Å². The van der Waals surface area contributed by atoms with E-state index in [1.165, 1.54) is 29.3 Å². The van der Waals surface area contributed by atoms with Crippen LogP contribution in [-0.4, -0.2) is 54.0 Å². The highest BCUT2D eigenvalue weighted by atomic mass is 32.1. The van der Waals surface area contributed by atoms with Crippen molar-refractivity contribution in [3.63, 3.8) is 0 Å². The predicted molar refractivity (Wildman–Crippen MR) is 109 cm³/mol. The maximum Gasteiger partial charge on any atom is 0.317 e. The Morgan fingerprint density at radius 1 is 1.00 bits per heavy atom. The minimum Gasteiger partial charge on any atom is -0.339 e. The van der Waals surface area contributed by atoms with Crippen LogP contribution in [0.2, 0.25) is 0 Å². The SMILES string of the molecule is O=C(Cc1csc2ccccc12)N1CCN(C(=O)NC2CCCCC2)CC1. The Balaban J connectivity index is 1.28. The van der Waals surface area contributed by atoms with Crippen molar-refractivity contribution in [3.05, 3.63) is 35.2 Å². The van der Waals surface area contributed by atoms with Gasteiger partial charge < -0.3 is 15.1 Å². The molecule has 0 unspecified atom stereocenters. The summed E-state index contributed by atoms with van der Waals surface area (Å²) in [6, 6.07) is 8.60. The normalized spacial score (nSPS) is 18.7. The fourth-order valence-electron chi connectivity index (χ4n) is 4.12. The summed E-state index contributed by atoms with van der Waals surface area (Å²) in [7, 11) is 0. The van der Waals surface area contributed by atoms with Crippen LogP contribution in [0.5, 0.6) is 0 Å². The fraction of sp³-hybridized carbons (Fsp3) is 0.524. The predicted octanol–water partition coefficient (Wildman–Crippen LogP) is 3.63. The van der Waals surface area contributed by atoms with E-state index in [0.29, 0.717) is 38.6 Å². The Bertz CT molecular complexity index is 805.